The molecule has 1 spiro atoms. The zero-order valence-electron chi connectivity index (χ0n) is 21.2. The normalized spacial score (nSPS) is 20.9. The van der Waals surface area contributed by atoms with Crippen LogP contribution in [0.25, 0.3) is 11.3 Å². The van der Waals surface area contributed by atoms with Crippen molar-refractivity contribution in [3.8, 4) is 23.3 Å². The number of carbonyl (C=O) groups excluding carboxylic acids is 1. The van der Waals surface area contributed by atoms with Crippen LogP contribution >= 0.6 is 0 Å². The predicted molar refractivity (Wildman–Crippen MR) is 134 cm³/mol. The Morgan fingerprint density at radius 1 is 1.26 bits per heavy atom. The zero-order valence-corrected chi connectivity index (χ0v) is 21.2. The van der Waals surface area contributed by atoms with E-state index in [0.29, 0.717) is 32.8 Å². The summed E-state index contributed by atoms with van der Waals surface area (Å²) in [6.45, 7) is 6.96. The van der Waals surface area contributed by atoms with Crippen LogP contribution in [0.1, 0.15) is 30.4 Å². The second-order valence-electron chi connectivity index (χ2n) is 10.4. The number of aromatic nitrogens is 2. The van der Waals surface area contributed by atoms with E-state index in [-0.39, 0.29) is 46.0 Å². The maximum absolute atomic E-state index is 13.9. The van der Waals surface area contributed by atoms with E-state index in [4.69, 9.17) is 4.74 Å². The molecule has 1 aromatic carbocycles. The number of ether oxygens (including phenoxy) is 1. The predicted octanol–water partition coefficient (Wildman–Crippen LogP) is 3.73. The van der Waals surface area contributed by atoms with Crippen LogP contribution in [0.3, 0.4) is 0 Å². The molecule has 0 aliphatic carbocycles. The number of rotatable bonds is 6. The number of carbonyl (C=O) groups is 1. The second kappa shape index (κ2) is 9.91. The van der Waals surface area contributed by atoms with Gasteiger partial charge in [-0.3, -0.25) is 4.79 Å². The number of likely N-dealkylation sites (tertiary alicyclic amines) is 2. The van der Waals surface area contributed by atoms with Gasteiger partial charge in [0.1, 0.15) is 18.2 Å². The molecule has 0 radical (unpaired) electrons. The summed E-state index contributed by atoms with van der Waals surface area (Å²) < 4.78 is 47.8. The molecule has 0 bridgehead atoms. The quantitative estimate of drug-likeness (QED) is 0.531. The number of likely N-dealkylation sites (N-methyl/N-ethyl adjacent to an activating group) is 1. The van der Waals surface area contributed by atoms with E-state index in [0.717, 1.165) is 31.9 Å². The highest BCUT2D eigenvalue weighted by Crippen LogP contribution is 2.44. The topological polar surface area (TPSA) is 85.6 Å². The first-order valence-electron chi connectivity index (χ1n) is 12.6. The maximum atomic E-state index is 13.9. The Balaban J connectivity index is 1.52. The minimum absolute atomic E-state index is 0.0255. The van der Waals surface area contributed by atoms with Gasteiger partial charge in [-0.15, -0.1) is 0 Å². The summed E-state index contributed by atoms with van der Waals surface area (Å²) in [5.41, 5.74) is -1.35. The van der Waals surface area contributed by atoms with Crippen molar-refractivity contribution in [3.63, 3.8) is 0 Å². The highest BCUT2D eigenvalue weighted by atomic mass is 19.4. The summed E-state index contributed by atoms with van der Waals surface area (Å²) in [7, 11) is 2.00. The standard InChI is InChI=1S/C27H29F3N6O2/c1-3-22(37)36-16-26(17-36)10-12-35(15-26)24-20(13-31)23(19-8-4-5-9-21(19)27(28,29)30)32-25(33-24)38-14-18-7-6-11-34(18)2/h3-5,8-9,18H,1,6-7,10-12,14-17H2,2H3. The molecule has 1 aromatic heterocycles. The van der Waals surface area contributed by atoms with Crippen LogP contribution in [0.4, 0.5) is 19.0 Å². The fraction of sp³-hybridized carbons (Fsp3) is 0.481. The van der Waals surface area contributed by atoms with Crippen molar-refractivity contribution in [1.29, 1.82) is 5.26 Å². The first-order chi connectivity index (χ1) is 18.1. The highest BCUT2D eigenvalue weighted by molar-refractivity contribution is 5.87. The molecule has 3 fully saturated rings. The van der Waals surface area contributed by atoms with Gasteiger partial charge in [0.2, 0.25) is 5.91 Å². The van der Waals surface area contributed by atoms with Crippen molar-refractivity contribution in [1.82, 2.24) is 19.8 Å². The number of amides is 1. The summed E-state index contributed by atoms with van der Waals surface area (Å²) >= 11 is 0. The average Bonchev–Trinajstić information content (AvgIpc) is 3.51. The number of alkyl halides is 3. The van der Waals surface area contributed by atoms with Crippen molar-refractivity contribution >= 4 is 11.7 Å². The van der Waals surface area contributed by atoms with Gasteiger partial charge in [-0.1, -0.05) is 24.8 Å². The summed E-state index contributed by atoms with van der Waals surface area (Å²) in [6.07, 6.45) is -0.603. The van der Waals surface area contributed by atoms with E-state index in [1.54, 1.807) is 4.90 Å². The Hall–Kier alpha value is -3.65. The molecule has 2 aromatic rings. The number of benzene rings is 1. The third kappa shape index (κ3) is 4.80. The molecular formula is C27H29F3N6O2. The van der Waals surface area contributed by atoms with Gasteiger partial charge in [0.05, 0.1) is 11.3 Å². The SMILES string of the molecule is C=CC(=O)N1CC2(CCN(c3nc(OCC4CCCN4C)nc(-c4ccccc4C(F)(F)F)c3C#N)C2)C1. The van der Waals surface area contributed by atoms with E-state index in [1.807, 2.05) is 11.9 Å². The van der Waals surface area contributed by atoms with Crippen molar-refractivity contribution in [3.05, 3.63) is 48.0 Å². The van der Waals surface area contributed by atoms with Gasteiger partial charge >= 0.3 is 12.2 Å². The molecule has 11 heteroatoms. The van der Waals surface area contributed by atoms with Gasteiger partial charge < -0.3 is 19.4 Å². The number of nitrogens with zero attached hydrogens (tertiary/aromatic N) is 6. The Labute approximate surface area is 219 Å². The number of hydrogen-bond acceptors (Lipinski definition) is 7. The summed E-state index contributed by atoms with van der Waals surface area (Å²) in [4.78, 5) is 26.7. The number of hydrogen-bond donors (Lipinski definition) is 0. The third-order valence-electron chi connectivity index (χ3n) is 7.82. The number of nitriles is 1. The first kappa shape index (κ1) is 26.0. The molecule has 1 atom stereocenters. The van der Waals surface area contributed by atoms with Gasteiger partial charge in [0, 0.05) is 43.2 Å². The Morgan fingerprint density at radius 3 is 2.68 bits per heavy atom. The minimum Gasteiger partial charge on any atom is -0.462 e. The lowest BCUT2D eigenvalue weighted by molar-refractivity contribution is -0.137. The second-order valence-corrected chi connectivity index (χ2v) is 10.4. The van der Waals surface area contributed by atoms with Gasteiger partial charge in [-0.05, 0) is 45.0 Å². The lowest BCUT2D eigenvalue weighted by Gasteiger charge is -2.47. The molecular weight excluding hydrogens is 497 g/mol. The smallest absolute Gasteiger partial charge is 0.417 e. The van der Waals surface area contributed by atoms with E-state index in [2.05, 4.69) is 27.5 Å². The highest BCUT2D eigenvalue weighted by Gasteiger charge is 2.49. The molecule has 4 heterocycles. The molecule has 5 rings (SSSR count). The van der Waals surface area contributed by atoms with E-state index in [9.17, 15) is 23.2 Å². The van der Waals surface area contributed by atoms with Crippen molar-refractivity contribution in [2.45, 2.75) is 31.5 Å². The summed E-state index contributed by atoms with van der Waals surface area (Å²) in [5.74, 6) is 0.127. The van der Waals surface area contributed by atoms with Crippen LogP contribution in [-0.2, 0) is 11.0 Å². The molecule has 1 unspecified atom stereocenters. The molecule has 8 nitrogen and oxygen atoms in total. The molecule has 3 saturated heterocycles. The van der Waals surface area contributed by atoms with E-state index >= 15 is 0 Å². The molecule has 0 saturated carbocycles. The Bertz CT molecular complexity index is 1280. The maximum Gasteiger partial charge on any atom is 0.417 e. The lowest BCUT2D eigenvalue weighted by atomic mass is 9.79. The first-order valence-corrected chi connectivity index (χ1v) is 12.6. The molecule has 200 valence electrons. The van der Waals surface area contributed by atoms with Crippen LogP contribution in [0.2, 0.25) is 0 Å². The molecule has 1 amide bonds. The van der Waals surface area contributed by atoms with Crippen LogP contribution in [0.5, 0.6) is 6.01 Å². The average molecular weight is 527 g/mol. The Kier molecular flexibility index (Phi) is 6.77. The van der Waals surface area contributed by atoms with Crippen LogP contribution < -0.4 is 9.64 Å². The van der Waals surface area contributed by atoms with Gasteiger partial charge in [0.25, 0.3) is 0 Å². The fourth-order valence-electron chi connectivity index (χ4n) is 5.74. The number of halogens is 3. The third-order valence-corrected chi connectivity index (χ3v) is 7.82. The van der Waals surface area contributed by atoms with Crippen LogP contribution in [0.15, 0.2) is 36.9 Å². The van der Waals surface area contributed by atoms with Gasteiger partial charge in [-0.25, -0.2) is 0 Å². The van der Waals surface area contributed by atoms with E-state index in [1.165, 1.54) is 24.3 Å². The van der Waals surface area contributed by atoms with E-state index < -0.39 is 11.7 Å². The molecule has 3 aliphatic rings. The fourth-order valence-corrected chi connectivity index (χ4v) is 5.74. The van der Waals surface area contributed by atoms with Crippen molar-refractivity contribution in [2.24, 2.45) is 5.41 Å². The number of anilines is 1. The summed E-state index contributed by atoms with van der Waals surface area (Å²) in [6, 6.07) is 7.28. The van der Waals surface area contributed by atoms with Crippen molar-refractivity contribution < 1.29 is 22.7 Å². The molecule has 0 N–H and O–H groups in total. The zero-order chi connectivity index (χ0) is 27.1. The minimum atomic E-state index is -4.63. The summed E-state index contributed by atoms with van der Waals surface area (Å²) in [5, 5.41) is 10.1. The van der Waals surface area contributed by atoms with Gasteiger partial charge in [0.15, 0.2) is 5.82 Å². The largest absolute Gasteiger partial charge is 0.462 e. The Morgan fingerprint density at radius 2 is 2.03 bits per heavy atom. The lowest BCUT2D eigenvalue weighted by Crippen LogP contribution is -2.59. The molecule has 3 aliphatic heterocycles. The van der Waals surface area contributed by atoms with Crippen molar-refractivity contribution in [2.75, 3.05) is 51.3 Å². The van der Waals surface area contributed by atoms with Crippen LogP contribution in [-0.4, -0.2) is 78.1 Å². The monoisotopic (exact) mass is 526 g/mol. The van der Waals surface area contributed by atoms with Gasteiger partial charge in [-0.2, -0.15) is 28.4 Å². The molecule has 38 heavy (non-hydrogen) atoms. The van der Waals surface area contributed by atoms with Crippen LogP contribution in [0, 0.1) is 16.7 Å².